The van der Waals surface area contributed by atoms with Gasteiger partial charge < -0.3 is 0 Å². The molecule has 0 saturated carbocycles. The van der Waals surface area contributed by atoms with Crippen LogP contribution in [0.15, 0.2) is 77.9 Å². The van der Waals surface area contributed by atoms with E-state index in [0.29, 0.717) is 10.6 Å². The van der Waals surface area contributed by atoms with E-state index in [4.69, 9.17) is 11.6 Å². The lowest BCUT2D eigenvalue weighted by Gasteiger charge is -2.33. The molecule has 2 saturated heterocycles. The number of hydrogen-bond donors (Lipinski definition) is 0. The van der Waals surface area contributed by atoms with E-state index < -0.39 is 41.6 Å². The van der Waals surface area contributed by atoms with Crippen LogP contribution in [-0.2, 0) is 9.59 Å². The Morgan fingerprint density at radius 3 is 2.32 bits per heavy atom. The maximum absolute atomic E-state index is 14.6. The van der Waals surface area contributed by atoms with Crippen LogP contribution < -0.4 is 4.90 Å². The minimum Gasteiger partial charge on any atom is -0.292 e. The Labute approximate surface area is 199 Å². The van der Waals surface area contributed by atoms with E-state index >= 15 is 0 Å². The molecular formula is C26H17ClFN3O3. The van der Waals surface area contributed by atoms with Crippen molar-refractivity contribution in [3.05, 3.63) is 100 Å². The predicted octanol–water partition coefficient (Wildman–Crippen LogP) is 4.24. The second kappa shape index (κ2) is 7.60. The van der Waals surface area contributed by atoms with Gasteiger partial charge in [-0.3, -0.25) is 19.4 Å². The van der Waals surface area contributed by atoms with Crippen molar-refractivity contribution in [1.82, 2.24) is 5.01 Å². The molecule has 0 unspecified atom stereocenters. The molecule has 3 aliphatic rings. The number of hydrogen-bond acceptors (Lipinski definition) is 5. The monoisotopic (exact) mass is 473 g/mol. The second-order valence-corrected chi connectivity index (χ2v) is 8.97. The van der Waals surface area contributed by atoms with Gasteiger partial charge in [0.15, 0.2) is 5.78 Å². The van der Waals surface area contributed by atoms with Crippen LogP contribution in [-0.4, -0.2) is 34.9 Å². The molecule has 0 N–H and O–H groups in total. The highest BCUT2D eigenvalue weighted by molar-refractivity contribution is 6.30. The maximum atomic E-state index is 14.6. The zero-order chi connectivity index (χ0) is 23.6. The third-order valence-corrected chi connectivity index (χ3v) is 7.04. The Bertz CT molecular complexity index is 1390. The number of ketones is 1. The van der Waals surface area contributed by atoms with Crippen LogP contribution in [0.25, 0.3) is 0 Å². The summed E-state index contributed by atoms with van der Waals surface area (Å²) in [4.78, 5) is 42.0. The van der Waals surface area contributed by atoms with Crippen LogP contribution in [0.2, 0.25) is 5.02 Å². The van der Waals surface area contributed by atoms with E-state index in [-0.39, 0.29) is 11.5 Å². The third-order valence-electron chi connectivity index (χ3n) is 6.78. The average Bonchev–Trinajstić information content (AvgIpc) is 3.32. The number of carbonyl (C=O) groups is 3. The van der Waals surface area contributed by atoms with Gasteiger partial charge in [0.25, 0.3) is 0 Å². The Morgan fingerprint density at radius 1 is 0.882 bits per heavy atom. The molecule has 168 valence electrons. The molecule has 0 aliphatic carbocycles. The molecule has 4 atom stereocenters. The van der Waals surface area contributed by atoms with E-state index in [2.05, 4.69) is 5.10 Å². The van der Waals surface area contributed by atoms with Crippen LogP contribution in [0.3, 0.4) is 0 Å². The summed E-state index contributed by atoms with van der Waals surface area (Å²) < 4.78 is 14.6. The molecule has 2 amide bonds. The van der Waals surface area contributed by atoms with Crippen molar-refractivity contribution in [3.8, 4) is 0 Å². The first kappa shape index (κ1) is 20.7. The highest BCUT2D eigenvalue weighted by Gasteiger charge is 2.65. The number of para-hydroxylation sites is 1. The molecule has 0 bridgehead atoms. The molecule has 0 spiro atoms. The normalized spacial score (nSPS) is 24.8. The number of rotatable bonds is 3. The van der Waals surface area contributed by atoms with Gasteiger partial charge in [-0.1, -0.05) is 48.0 Å². The fourth-order valence-corrected chi connectivity index (χ4v) is 5.45. The molecule has 3 aromatic carbocycles. The van der Waals surface area contributed by atoms with E-state index in [1.807, 2.05) is 24.3 Å². The van der Waals surface area contributed by atoms with Crippen molar-refractivity contribution in [2.75, 3.05) is 4.90 Å². The number of fused-ring (bicyclic) bond motifs is 5. The molecule has 0 radical (unpaired) electrons. The Hall–Kier alpha value is -3.84. The summed E-state index contributed by atoms with van der Waals surface area (Å²) in [5, 5.41) is 6.56. The number of amides is 2. The Kier molecular flexibility index (Phi) is 4.64. The summed E-state index contributed by atoms with van der Waals surface area (Å²) >= 11 is 5.99. The summed E-state index contributed by atoms with van der Waals surface area (Å²) in [7, 11) is 0. The smallest absolute Gasteiger partial charge is 0.240 e. The summed E-state index contributed by atoms with van der Waals surface area (Å²) in [6.07, 6.45) is 1.64. The molecule has 8 heteroatoms. The van der Waals surface area contributed by atoms with Crippen LogP contribution >= 0.6 is 11.6 Å². The zero-order valence-corrected chi connectivity index (χ0v) is 18.4. The summed E-state index contributed by atoms with van der Waals surface area (Å²) in [6, 6.07) is 17.8. The quantitative estimate of drug-likeness (QED) is 0.421. The van der Waals surface area contributed by atoms with Gasteiger partial charge in [-0.2, -0.15) is 5.10 Å². The van der Waals surface area contributed by atoms with Gasteiger partial charge in [-0.25, -0.2) is 9.29 Å². The minimum atomic E-state index is -1.02. The number of halogens is 2. The van der Waals surface area contributed by atoms with Crippen molar-refractivity contribution < 1.29 is 18.8 Å². The van der Waals surface area contributed by atoms with Crippen LogP contribution in [0.5, 0.6) is 0 Å². The number of carbonyl (C=O) groups excluding carboxylic acids is 3. The number of imide groups is 1. The van der Waals surface area contributed by atoms with E-state index in [1.165, 1.54) is 18.2 Å². The number of nitrogens with zero attached hydrogens (tertiary/aromatic N) is 3. The van der Waals surface area contributed by atoms with Gasteiger partial charge >= 0.3 is 0 Å². The number of anilines is 1. The molecule has 34 heavy (non-hydrogen) atoms. The fraction of sp³-hybridized carbons (Fsp3) is 0.154. The lowest BCUT2D eigenvalue weighted by molar-refractivity contribution is -0.124. The van der Waals surface area contributed by atoms with E-state index in [0.717, 1.165) is 16.0 Å². The fourth-order valence-electron chi connectivity index (χ4n) is 5.32. The maximum Gasteiger partial charge on any atom is 0.240 e. The largest absolute Gasteiger partial charge is 0.292 e. The minimum absolute atomic E-state index is 0.108. The molecule has 2 fully saturated rings. The first-order chi connectivity index (χ1) is 16.5. The van der Waals surface area contributed by atoms with Crippen molar-refractivity contribution in [3.63, 3.8) is 0 Å². The molecule has 0 aromatic heterocycles. The van der Waals surface area contributed by atoms with Crippen LogP contribution in [0, 0.1) is 17.7 Å². The van der Waals surface area contributed by atoms with Crippen molar-refractivity contribution in [2.24, 2.45) is 16.9 Å². The molecule has 3 aromatic rings. The lowest BCUT2D eigenvalue weighted by Crippen LogP contribution is -2.44. The summed E-state index contributed by atoms with van der Waals surface area (Å²) in [5.74, 6) is -4.05. The first-order valence-electron chi connectivity index (χ1n) is 10.8. The van der Waals surface area contributed by atoms with Crippen molar-refractivity contribution >= 4 is 41.1 Å². The topological polar surface area (TPSA) is 70.0 Å². The van der Waals surface area contributed by atoms with Gasteiger partial charge in [-0.05, 0) is 47.5 Å². The van der Waals surface area contributed by atoms with Crippen molar-refractivity contribution in [2.45, 2.75) is 12.1 Å². The zero-order valence-electron chi connectivity index (χ0n) is 17.6. The highest BCUT2D eigenvalue weighted by Crippen LogP contribution is 2.53. The second-order valence-electron chi connectivity index (χ2n) is 8.53. The van der Waals surface area contributed by atoms with Gasteiger partial charge in [0.1, 0.15) is 11.9 Å². The third kappa shape index (κ3) is 2.86. The molecule has 3 heterocycles. The average molecular weight is 474 g/mol. The Balaban J connectivity index is 1.51. The Morgan fingerprint density at radius 2 is 1.56 bits per heavy atom. The standard InChI is InChI=1S/C26H17ClFN3O3/c27-16-11-9-14(10-12-16)24(32)23-21-20(22-17-6-2-1-5-15(17)13-29-31(22)23)25(33)30(26(21)34)19-8-4-3-7-18(19)28/h1-13,20-23H/t20-,21-,22-,23+/m0/s1. The lowest BCUT2D eigenvalue weighted by atomic mass is 9.83. The highest BCUT2D eigenvalue weighted by atomic mass is 35.5. The van der Waals surface area contributed by atoms with Crippen LogP contribution in [0.1, 0.15) is 27.5 Å². The van der Waals surface area contributed by atoms with Crippen LogP contribution in [0.4, 0.5) is 10.1 Å². The van der Waals surface area contributed by atoms with Gasteiger partial charge in [-0.15, -0.1) is 0 Å². The predicted molar refractivity (Wildman–Crippen MR) is 124 cm³/mol. The van der Waals surface area contributed by atoms with Gasteiger partial charge in [0.05, 0.1) is 29.8 Å². The number of Topliss-reactive ketones (excluding diaryl/α,β-unsaturated/α-hetero) is 1. The molecular weight excluding hydrogens is 457 g/mol. The summed E-state index contributed by atoms with van der Waals surface area (Å²) in [6.45, 7) is 0. The van der Waals surface area contributed by atoms with E-state index in [1.54, 1.807) is 41.6 Å². The number of hydrazone groups is 1. The van der Waals surface area contributed by atoms with Gasteiger partial charge in [0, 0.05) is 10.6 Å². The van der Waals surface area contributed by atoms with Crippen molar-refractivity contribution in [1.29, 1.82) is 0 Å². The molecule has 3 aliphatic heterocycles. The summed E-state index contributed by atoms with van der Waals surface area (Å²) in [5.41, 5.74) is 1.86. The number of benzene rings is 3. The van der Waals surface area contributed by atoms with Gasteiger partial charge in [0.2, 0.25) is 11.8 Å². The first-order valence-corrected chi connectivity index (χ1v) is 11.2. The molecule has 6 nitrogen and oxygen atoms in total. The van der Waals surface area contributed by atoms with E-state index in [9.17, 15) is 18.8 Å². The molecule has 6 rings (SSSR count). The SMILES string of the molecule is O=C(c1ccc(Cl)cc1)[C@H]1[C@H]2C(=O)N(c3ccccc3F)C(=O)[C@@H]2[C@@H]2c3ccccc3C=NN12.